The first kappa shape index (κ1) is 10.1. The van der Waals surface area contributed by atoms with Crippen LogP contribution < -0.4 is 0 Å². The molecule has 3 nitrogen and oxygen atoms in total. The third-order valence-electron chi connectivity index (χ3n) is 2.35. The van der Waals surface area contributed by atoms with Gasteiger partial charge >= 0.3 is 0 Å². The largest absolute Gasteiger partial charge is 0.392 e. The predicted octanol–water partition coefficient (Wildman–Crippen LogP) is 1.51. The van der Waals surface area contributed by atoms with Crippen molar-refractivity contribution in [1.82, 2.24) is 0 Å². The van der Waals surface area contributed by atoms with Gasteiger partial charge in [-0.3, -0.25) is 0 Å². The molecule has 0 aliphatic carbocycles. The van der Waals surface area contributed by atoms with Crippen LogP contribution in [-0.2, 0) is 11.3 Å². The van der Waals surface area contributed by atoms with Gasteiger partial charge in [-0.05, 0) is 17.7 Å². The molecule has 0 bridgehead atoms. The number of rotatable bonds is 3. The van der Waals surface area contributed by atoms with Crippen molar-refractivity contribution in [3.63, 3.8) is 0 Å². The van der Waals surface area contributed by atoms with Crippen molar-refractivity contribution in [3.05, 3.63) is 35.6 Å². The van der Waals surface area contributed by atoms with E-state index in [0.717, 1.165) is 5.56 Å². The van der Waals surface area contributed by atoms with Gasteiger partial charge in [0.15, 0.2) is 0 Å². The second-order valence-electron chi connectivity index (χ2n) is 3.58. The van der Waals surface area contributed by atoms with Crippen LogP contribution >= 0.6 is 0 Å². The van der Waals surface area contributed by atoms with Crippen molar-refractivity contribution in [1.29, 1.82) is 0 Å². The number of hydrogen-bond donors (Lipinski definition) is 1. The lowest BCUT2D eigenvalue weighted by Crippen LogP contribution is -2.12. The Bertz CT molecular complexity index is 361. The summed E-state index contributed by atoms with van der Waals surface area (Å²) in [6.45, 7) is -0.0556. The Morgan fingerprint density at radius 1 is 1.40 bits per heavy atom. The van der Waals surface area contributed by atoms with Crippen LogP contribution in [0, 0.1) is 5.82 Å². The maximum atomic E-state index is 12.6. The molecule has 0 saturated heterocycles. The summed E-state index contributed by atoms with van der Waals surface area (Å²) in [6.07, 6.45) is 1.30. The van der Waals surface area contributed by atoms with Gasteiger partial charge in [0.05, 0.1) is 12.3 Å². The quantitative estimate of drug-likeness (QED) is 0.819. The molecule has 4 heteroatoms. The number of benzene rings is 1. The molecule has 1 heterocycles. The summed E-state index contributed by atoms with van der Waals surface area (Å²) < 4.78 is 12.6. The van der Waals surface area contributed by atoms with Gasteiger partial charge in [0.2, 0.25) is 0 Å². The number of halogens is 1. The molecule has 1 atom stereocenters. The molecule has 0 saturated carbocycles. The summed E-state index contributed by atoms with van der Waals surface area (Å²) in [4.78, 5) is 5.12. The van der Waals surface area contributed by atoms with Gasteiger partial charge < -0.3 is 9.94 Å². The van der Waals surface area contributed by atoms with Gasteiger partial charge in [-0.2, -0.15) is 0 Å². The van der Waals surface area contributed by atoms with E-state index >= 15 is 0 Å². The molecule has 15 heavy (non-hydrogen) atoms. The molecule has 80 valence electrons. The monoisotopic (exact) mass is 209 g/mol. The molecule has 2 rings (SSSR count). The van der Waals surface area contributed by atoms with E-state index in [0.29, 0.717) is 18.6 Å². The van der Waals surface area contributed by atoms with Crippen molar-refractivity contribution in [2.75, 3.05) is 6.61 Å². The lowest BCUT2D eigenvalue weighted by molar-refractivity contribution is 0.0858. The molecule has 0 amide bonds. The SMILES string of the molecule is OCC1=NOC(Cc2ccc(F)cc2)C1. The molecule has 1 aliphatic rings. The van der Waals surface area contributed by atoms with Crippen molar-refractivity contribution >= 4 is 5.71 Å². The molecule has 1 aliphatic heterocycles. The Hall–Kier alpha value is -1.42. The van der Waals surface area contributed by atoms with E-state index in [4.69, 9.17) is 9.94 Å². The summed E-state index contributed by atoms with van der Waals surface area (Å²) in [6, 6.07) is 6.32. The number of aliphatic hydroxyl groups excluding tert-OH is 1. The van der Waals surface area contributed by atoms with Crippen molar-refractivity contribution in [3.8, 4) is 0 Å². The minimum Gasteiger partial charge on any atom is -0.392 e. The average molecular weight is 209 g/mol. The summed E-state index contributed by atoms with van der Waals surface area (Å²) in [5.74, 6) is -0.238. The zero-order valence-corrected chi connectivity index (χ0v) is 8.19. The van der Waals surface area contributed by atoms with Crippen molar-refractivity contribution in [2.45, 2.75) is 18.9 Å². The fraction of sp³-hybridized carbons (Fsp3) is 0.364. The standard InChI is InChI=1S/C11H12FNO2/c12-9-3-1-8(2-4-9)5-11-6-10(7-14)13-15-11/h1-4,11,14H,5-7H2. The summed E-state index contributed by atoms with van der Waals surface area (Å²) in [5.41, 5.74) is 1.68. The van der Waals surface area contributed by atoms with E-state index < -0.39 is 0 Å². The van der Waals surface area contributed by atoms with Gasteiger partial charge in [0.1, 0.15) is 11.9 Å². The molecule has 1 aromatic carbocycles. The third-order valence-corrected chi connectivity index (χ3v) is 2.35. The maximum Gasteiger partial charge on any atom is 0.137 e. The predicted molar refractivity (Wildman–Crippen MR) is 54.1 cm³/mol. The average Bonchev–Trinajstić information content (AvgIpc) is 2.69. The Kier molecular flexibility index (Phi) is 2.97. The molecular weight excluding hydrogens is 197 g/mol. The minimum absolute atomic E-state index is 0.0300. The Morgan fingerprint density at radius 3 is 2.73 bits per heavy atom. The second kappa shape index (κ2) is 4.40. The Morgan fingerprint density at radius 2 is 2.13 bits per heavy atom. The number of hydrogen-bond acceptors (Lipinski definition) is 3. The van der Waals surface area contributed by atoms with E-state index in [1.54, 1.807) is 12.1 Å². The lowest BCUT2D eigenvalue weighted by Gasteiger charge is -2.07. The molecule has 0 spiro atoms. The van der Waals surface area contributed by atoms with E-state index in [1.165, 1.54) is 12.1 Å². The van der Waals surface area contributed by atoms with Gasteiger partial charge in [0, 0.05) is 12.8 Å². The van der Waals surface area contributed by atoms with Gasteiger partial charge in [-0.1, -0.05) is 17.3 Å². The van der Waals surface area contributed by atoms with E-state index in [9.17, 15) is 4.39 Å². The minimum atomic E-state index is -0.238. The highest BCUT2D eigenvalue weighted by atomic mass is 19.1. The first-order chi connectivity index (χ1) is 7.28. The van der Waals surface area contributed by atoms with Crippen molar-refractivity contribution in [2.24, 2.45) is 5.16 Å². The second-order valence-corrected chi connectivity index (χ2v) is 3.58. The molecule has 0 fully saturated rings. The molecule has 1 aromatic rings. The van der Waals surface area contributed by atoms with E-state index in [1.807, 2.05) is 0 Å². The van der Waals surface area contributed by atoms with Crippen molar-refractivity contribution < 1.29 is 14.3 Å². The maximum absolute atomic E-state index is 12.6. The Balaban J connectivity index is 1.91. The first-order valence-electron chi connectivity index (χ1n) is 4.85. The van der Waals surface area contributed by atoms with E-state index in [-0.39, 0.29) is 18.5 Å². The Labute approximate surface area is 87.2 Å². The van der Waals surface area contributed by atoms with Crippen LogP contribution in [0.2, 0.25) is 0 Å². The highest BCUT2D eigenvalue weighted by Gasteiger charge is 2.20. The summed E-state index contributed by atoms with van der Waals surface area (Å²) >= 11 is 0. The molecule has 1 unspecified atom stereocenters. The molecular formula is C11H12FNO2. The first-order valence-corrected chi connectivity index (χ1v) is 4.85. The molecule has 0 aromatic heterocycles. The molecule has 1 N–H and O–H groups in total. The third kappa shape index (κ3) is 2.53. The van der Waals surface area contributed by atoms with Crippen LogP contribution in [0.1, 0.15) is 12.0 Å². The fourth-order valence-corrected chi connectivity index (χ4v) is 1.57. The lowest BCUT2D eigenvalue weighted by atomic mass is 10.0. The highest BCUT2D eigenvalue weighted by molar-refractivity contribution is 5.86. The highest BCUT2D eigenvalue weighted by Crippen LogP contribution is 2.16. The molecule has 0 radical (unpaired) electrons. The van der Waals surface area contributed by atoms with Gasteiger partial charge in [0.25, 0.3) is 0 Å². The summed E-state index contributed by atoms with van der Waals surface area (Å²) in [7, 11) is 0. The van der Waals surface area contributed by atoms with Crippen LogP contribution in [0.15, 0.2) is 29.4 Å². The van der Waals surface area contributed by atoms with Crippen LogP contribution in [0.5, 0.6) is 0 Å². The normalized spacial score (nSPS) is 19.9. The van der Waals surface area contributed by atoms with E-state index in [2.05, 4.69) is 5.16 Å². The number of oxime groups is 1. The van der Waals surface area contributed by atoms with Gasteiger partial charge in [-0.25, -0.2) is 4.39 Å². The van der Waals surface area contributed by atoms with Crippen LogP contribution in [0.4, 0.5) is 4.39 Å². The smallest absolute Gasteiger partial charge is 0.137 e. The zero-order valence-electron chi connectivity index (χ0n) is 8.19. The fourth-order valence-electron chi connectivity index (χ4n) is 1.57. The van der Waals surface area contributed by atoms with Gasteiger partial charge in [-0.15, -0.1) is 0 Å². The van der Waals surface area contributed by atoms with Crippen LogP contribution in [0.25, 0.3) is 0 Å². The summed E-state index contributed by atoms with van der Waals surface area (Å²) in [5, 5.41) is 12.6. The number of nitrogens with zero attached hydrogens (tertiary/aromatic N) is 1. The number of aliphatic hydroxyl groups is 1. The zero-order chi connectivity index (χ0) is 10.7. The topological polar surface area (TPSA) is 41.8 Å². The van der Waals surface area contributed by atoms with Crippen LogP contribution in [-0.4, -0.2) is 23.5 Å². The van der Waals surface area contributed by atoms with Crippen LogP contribution in [0.3, 0.4) is 0 Å².